The van der Waals surface area contributed by atoms with Crippen LogP contribution in [0.5, 0.6) is 0 Å². The van der Waals surface area contributed by atoms with Gasteiger partial charge >= 0.3 is 0 Å². The molecule has 4 aromatic rings. The van der Waals surface area contributed by atoms with E-state index in [2.05, 4.69) is 30.4 Å². The van der Waals surface area contributed by atoms with Crippen LogP contribution in [0.15, 0.2) is 47.1 Å². The first kappa shape index (κ1) is 17.2. The van der Waals surface area contributed by atoms with E-state index in [1.807, 2.05) is 50.2 Å². The Balaban J connectivity index is 1.34. The van der Waals surface area contributed by atoms with Gasteiger partial charge in [0.05, 0.1) is 11.0 Å². The van der Waals surface area contributed by atoms with Gasteiger partial charge in [0.1, 0.15) is 11.6 Å². The van der Waals surface area contributed by atoms with Crippen molar-refractivity contribution in [2.75, 3.05) is 11.9 Å². The molecule has 7 nitrogen and oxygen atoms in total. The molecule has 0 aliphatic heterocycles. The van der Waals surface area contributed by atoms with E-state index >= 15 is 0 Å². The second-order valence-electron chi connectivity index (χ2n) is 6.77. The van der Waals surface area contributed by atoms with Crippen LogP contribution in [0.2, 0.25) is 0 Å². The second kappa shape index (κ2) is 7.57. The van der Waals surface area contributed by atoms with Crippen molar-refractivity contribution in [1.82, 2.24) is 25.1 Å². The van der Waals surface area contributed by atoms with Gasteiger partial charge in [-0.2, -0.15) is 4.98 Å². The fourth-order valence-corrected chi connectivity index (χ4v) is 2.84. The normalized spacial score (nSPS) is 11.4. The molecule has 0 bridgehead atoms. The Bertz CT molecular complexity index is 1000. The molecule has 3 heterocycles. The minimum Gasteiger partial charge on any atom is -0.370 e. The summed E-state index contributed by atoms with van der Waals surface area (Å²) in [5.41, 5.74) is 2.95. The quantitative estimate of drug-likeness (QED) is 0.479. The van der Waals surface area contributed by atoms with E-state index in [4.69, 9.17) is 4.52 Å². The van der Waals surface area contributed by atoms with Crippen LogP contribution in [0, 0.1) is 0 Å². The number of nitrogens with zero attached hydrogens (tertiary/aromatic N) is 4. The zero-order valence-corrected chi connectivity index (χ0v) is 15.4. The molecule has 138 valence electrons. The number of benzene rings is 1. The third kappa shape index (κ3) is 3.97. The summed E-state index contributed by atoms with van der Waals surface area (Å²) in [6.45, 7) is 4.88. The van der Waals surface area contributed by atoms with Crippen molar-refractivity contribution >= 4 is 16.9 Å². The number of aromatic amines is 1. The van der Waals surface area contributed by atoms with Crippen molar-refractivity contribution < 1.29 is 4.52 Å². The average molecular weight is 362 g/mol. The van der Waals surface area contributed by atoms with E-state index in [0.717, 1.165) is 47.6 Å². The standard InChI is InChI=1S/C20H22N6O/c1-13(2)19-25-20(27-26-19)14-9-11-22-18(12-14)21-10-5-8-17-23-15-6-3-4-7-16(15)24-17/h3-4,6-7,9,11-13H,5,8,10H2,1-2H3,(H,21,22)(H,23,24). The van der Waals surface area contributed by atoms with Gasteiger partial charge in [0.15, 0.2) is 5.82 Å². The lowest BCUT2D eigenvalue weighted by Gasteiger charge is -2.05. The van der Waals surface area contributed by atoms with Gasteiger partial charge < -0.3 is 14.8 Å². The molecule has 7 heteroatoms. The van der Waals surface area contributed by atoms with Crippen molar-refractivity contribution in [2.24, 2.45) is 0 Å². The lowest BCUT2D eigenvalue weighted by Crippen LogP contribution is -2.05. The lowest BCUT2D eigenvalue weighted by atomic mass is 10.2. The number of hydrogen-bond acceptors (Lipinski definition) is 6. The number of aromatic nitrogens is 5. The molecule has 0 amide bonds. The number of aryl methyl sites for hydroxylation is 1. The van der Waals surface area contributed by atoms with Crippen LogP contribution in [0.4, 0.5) is 5.82 Å². The highest BCUT2D eigenvalue weighted by atomic mass is 16.5. The number of imidazole rings is 1. The smallest absolute Gasteiger partial charge is 0.258 e. The van der Waals surface area contributed by atoms with E-state index in [1.165, 1.54) is 0 Å². The summed E-state index contributed by atoms with van der Waals surface area (Å²) in [6.07, 6.45) is 3.57. The highest BCUT2D eigenvalue weighted by molar-refractivity contribution is 5.74. The second-order valence-corrected chi connectivity index (χ2v) is 6.77. The highest BCUT2D eigenvalue weighted by Gasteiger charge is 2.12. The molecule has 0 spiro atoms. The Morgan fingerprint density at radius 1 is 1.15 bits per heavy atom. The summed E-state index contributed by atoms with van der Waals surface area (Å²) in [5, 5.41) is 7.36. The molecule has 4 rings (SSSR count). The third-order valence-electron chi connectivity index (χ3n) is 4.30. The zero-order valence-electron chi connectivity index (χ0n) is 15.4. The maximum absolute atomic E-state index is 5.35. The number of hydrogen-bond donors (Lipinski definition) is 2. The highest BCUT2D eigenvalue weighted by Crippen LogP contribution is 2.21. The summed E-state index contributed by atoms with van der Waals surface area (Å²) in [4.78, 5) is 16.7. The minimum atomic E-state index is 0.236. The maximum Gasteiger partial charge on any atom is 0.258 e. The molecule has 0 unspecified atom stereocenters. The van der Waals surface area contributed by atoms with Gasteiger partial charge in [-0.1, -0.05) is 31.1 Å². The SMILES string of the molecule is CC(C)c1noc(-c2ccnc(NCCCc3nc4ccccc4[nH]3)c2)n1. The van der Waals surface area contributed by atoms with Gasteiger partial charge in [-0.3, -0.25) is 0 Å². The Morgan fingerprint density at radius 3 is 2.85 bits per heavy atom. The molecule has 0 aliphatic carbocycles. The molecular weight excluding hydrogens is 340 g/mol. The van der Waals surface area contributed by atoms with Crippen LogP contribution >= 0.6 is 0 Å². The van der Waals surface area contributed by atoms with Gasteiger partial charge in [-0.15, -0.1) is 0 Å². The summed E-state index contributed by atoms with van der Waals surface area (Å²) >= 11 is 0. The van der Waals surface area contributed by atoms with Crippen LogP contribution < -0.4 is 5.32 Å². The molecule has 3 aromatic heterocycles. The first-order valence-electron chi connectivity index (χ1n) is 9.16. The van der Waals surface area contributed by atoms with E-state index < -0.39 is 0 Å². The van der Waals surface area contributed by atoms with Crippen LogP contribution in [-0.4, -0.2) is 31.6 Å². The number of para-hydroxylation sites is 2. The van der Waals surface area contributed by atoms with E-state index in [0.29, 0.717) is 11.7 Å². The first-order valence-corrected chi connectivity index (χ1v) is 9.16. The Labute approximate surface area is 157 Å². The van der Waals surface area contributed by atoms with Crippen molar-refractivity contribution in [1.29, 1.82) is 0 Å². The Hall–Kier alpha value is -3.22. The molecule has 0 fully saturated rings. The fraction of sp³-hybridized carbons (Fsp3) is 0.300. The average Bonchev–Trinajstić information content (AvgIpc) is 3.32. The van der Waals surface area contributed by atoms with Crippen molar-refractivity contribution in [2.45, 2.75) is 32.6 Å². The summed E-state index contributed by atoms with van der Waals surface area (Å²) in [7, 11) is 0. The number of fused-ring (bicyclic) bond motifs is 1. The molecule has 0 radical (unpaired) electrons. The minimum absolute atomic E-state index is 0.236. The fourth-order valence-electron chi connectivity index (χ4n) is 2.84. The Morgan fingerprint density at radius 2 is 2.04 bits per heavy atom. The third-order valence-corrected chi connectivity index (χ3v) is 4.30. The zero-order chi connectivity index (χ0) is 18.6. The van der Waals surface area contributed by atoms with Gasteiger partial charge in [0.2, 0.25) is 0 Å². The molecular formula is C20H22N6O. The number of rotatable bonds is 7. The van der Waals surface area contributed by atoms with Crippen molar-refractivity contribution in [3.05, 3.63) is 54.2 Å². The summed E-state index contributed by atoms with van der Waals surface area (Å²) in [5.74, 6) is 3.27. The summed E-state index contributed by atoms with van der Waals surface area (Å²) in [6, 6.07) is 11.9. The predicted molar refractivity (Wildman–Crippen MR) is 105 cm³/mol. The van der Waals surface area contributed by atoms with E-state index in [-0.39, 0.29) is 5.92 Å². The number of H-pyrrole nitrogens is 1. The molecule has 27 heavy (non-hydrogen) atoms. The van der Waals surface area contributed by atoms with Crippen molar-refractivity contribution in [3.63, 3.8) is 0 Å². The van der Waals surface area contributed by atoms with Crippen LogP contribution in [0.3, 0.4) is 0 Å². The summed E-state index contributed by atoms with van der Waals surface area (Å²) < 4.78 is 5.35. The molecule has 0 atom stereocenters. The van der Waals surface area contributed by atoms with Gasteiger partial charge in [0.25, 0.3) is 5.89 Å². The topological polar surface area (TPSA) is 92.5 Å². The van der Waals surface area contributed by atoms with Gasteiger partial charge in [-0.25, -0.2) is 9.97 Å². The first-order chi connectivity index (χ1) is 13.2. The maximum atomic E-state index is 5.35. The monoisotopic (exact) mass is 362 g/mol. The van der Waals surface area contributed by atoms with Crippen LogP contribution in [0.1, 0.15) is 37.8 Å². The van der Waals surface area contributed by atoms with Crippen LogP contribution in [-0.2, 0) is 6.42 Å². The van der Waals surface area contributed by atoms with Crippen LogP contribution in [0.25, 0.3) is 22.5 Å². The predicted octanol–water partition coefficient (Wildman–Crippen LogP) is 4.18. The van der Waals surface area contributed by atoms with E-state index in [9.17, 15) is 0 Å². The largest absolute Gasteiger partial charge is 0.370 e. The molecule has 0 saturated carbocycles. The van der Waals surface area contributed by atoms with Gasteiger partial charge in [-0.05, 0) is 30.7 Å². The number of nitrogens with one attached hydrogen (secondary N) is 2. The molecule has 0 saturated heterocycles. The van der Waals surface area contributed by atoms with Gasteiger partial charge in [0, 0.05) is 30.6 Å². The van der Waals surface area contributed by atoms with Crippen molar-refractivity contribution in [3.8, 4) is 11.5 Å². The molecule has 2 N–H and O–H groups in total. The van der Waals surface area contributed by atoms with E-state index in [1.54, 1.807) is 6.20 Å². The number of pyridine rings is 1. The Kier molecular flexibility index (Phi) is 4.82. The molecule has 0 aliphatic rings. The lowest BCUT2D eigenvalue weighted by molar-refractivity contribution is 0.419. The molecule has 1 aromatic carbocycles. The number of anilines is 1.